The Morgan fingerprint density at radius 1 is 0.906 bits per heavy atom. The first kappa shape index (κ1) is 35.5. The Balaban J connectivity index is -0.000000383. The molecule has 0 radical (unpaired) electrons. The molecule has 0 aliphatic heterocycles. The van der Waals surface area contributed by atoms with Crippen LogP contribution in [0.4, 0.5) is 0 Å². The molecule has 1 atom stereocenters. The monoisotopic (exact) mass is 460 g/mol. The maximum absolute atomic E-state index is 10.2. The molecule has 0 bridgehead atoms. The molecule has 0 spiro atoms. The molecule has 0 fully saturated rings. The van der Waals surface area contributed by atoms with Gasteiger partial charge in [-0.15, -0.1) is 0 Å². The molecule has 0 saturated heterocycles. The molecule has 32 heavy (non-hydrogen) atoms. The zero-order valence-corrected chi connectivity index (χ0v) is 23.7. The van der Waals surface area contributed by atoms with E-state index in [1.807, 2.05) is 0 Å². The number of phenols is 1. The third kappa shape index (κ3) is 18.5. The van der Waals surface area contributed by atoms with Crippen molar-refractivity contribution in [1.29, 1.82) is 0 Å². The average Bonchev–Trinajstić information content (AvgIpc) is 2.70. The first-order valence-corrected chi connectivity index (χ1v) is 9.69. The summed E-state index contributed by atoms with van der Waals surface area (Å²) in [5.41, 5.74) is 1.43. The molecule has 8 heteroatoms. The molecule has 2 aromatic rings. The number of aliphatic hydroxyl groups is 1. The fraction of sp³-hybridized carbons (Fsp3) is 0.333. The van der Waals surface area contributed by atoms with Gasteiger partial charge in [0, 0.05) is 12.2 Å². The van der Waals surface area contributed by atoms with Crippen molar-refractivity contribution in [3.8, 4) is 5.75 Å². The molecule has 0 amide bonds. The molecular weight excluding hydrogens is 430 g/mol. The van der Waals surface area contributed by atoms with Crippen LogP contribution in [-0.2, 0) is 0 Å². The Hall–Kier alpha value is -1.12. The van der Waals surface area contributed by atoms with Gasteiger partial charge in [-0.25, -0.2) is 0 Å². The van der Waals surface area contributed by atoms with Gasteiger partial charge in [0.05, 0.1) is 11.9 Å². The van der Waals surface area contributed by atoms with Gasteiger partial charge in [0.25, 0.3) is 0 Å². The van der Waals surface area contributed by atoms with E-state index < -0.39 is 11.9 Å². The maximum atomic E-state index is 10.2. The molecule has 164 valence electrons. The Kier molecular flexibility index (Phi) is 24.1. The average molecular weight is 460 g/mol. The first-order valence-electron chi connectivity index (χ1n) is 9.69. The van der Waals surface area contributed by atoms with Crippen LogP contribution in [-0.4, -0.2) is 28.8 Å². The Labute approximate surface area is 235 Å². The van der Waals surface area contributed by atoms with E-state index in [1.165, 1.54) is 42.3 Å². The van der Waals surface area contributed by atoms with Gasteiger partial charge in [-0.05, 0) is 56.7 Å². The number of benzene rings is 2. The number of aromatic carboxylic acids is 2. The molecule has 0 aliphatic rings. The molecule has 0 saturated carbocycles. The molecular formula is C24H30Na2O6. The number of carboxylic acids is 2. The van der Waals surface area contributed by atoms with Crippen LogP contribution >= 0.6 is 0 Å². The van der Waals surface area contributed by atoms with E-state index in [0.29, 0.717) is 12.5 Å². The number of aromatic hydroxyl groups is 1. The van der Waals surface area contributed by atoms with Crippen LogP contribution in [0.15, 0.2) is 66.2 Å². The van der Waals surface area contributed by atoms with Crippen molar-refractivity contribution in [2.45, 2.75) is 40.0 Å². The minimum absolute atomic E-state index is 0. The van der Waals surface area contributed by atoms with E-state index in [2.05, 4.69) is 26.8 Å². The van der Waals surface area contributed by atoms with Gasteiger partial charge in [0.2, 0.25) is 0 Å². The van der Waals surface area contributed by atoms with Crippen molar-refractivity contribution in [1.82, 2.24) is 0 Å². The summed E-state index contributed by atoms with van der Waals surface area (Å²) in [6.07, 6.45) is 5.56. The van der Waals surface area contributed by atoms with Crippen LogP contribution < -0.4 is 69.3 Å². The molecule has 2 N–H and O–H groups in total. The third-order valence-electron chi connectivity index (χ3n) is 3.97. The number of rotatable bonds is 7. The molecule has 2 aromatic carbocycles. The van der Waals surface area contributed by atoms with E-state index in [1.54, 1.807) is 24.3 Å². The summed E-state index contributed by atoms with van der Waals surface area (Å²) in [4.78, 5) is 20.2. The number of carboxylic acid groups (broad SMARTS) is 2. The minimum atomic E-state index is -1.36. The van der Waals surface area contributed by atoms with Gasteiger partial charge in [0.15, 0.2) is 0 Å². The number of para-hydroxylation sites is 1. The summed E-state index contributed by atoms with van der Waals surface area (Å²) in [5, 5.41) is 37.7. The van der Waals surface area contributed by atoms with Crippen molar-refractivity contribution < 1.29 is 89.1 Å². The van der Waals surface area contributed by atoms with E-state index in [4.69, 9.17) is 10.2 Å². The summed E-state index contributed by atoms with van der Waals surface area (Å²) in [5.74, 6) is -2.09. The second kappa shape index (κ2) is 21.7. The Morgan fingerprint density at radius 2 is 1.44 bits per heavy atom. The van der Waals surface area contributed by atoms with Crippen LogP contribution in [0.25, 0.3) is 0 Å². The molecule has 6 nitrogen and oxygen atoms in total. The second-order valence-corrected chi connectivity index (χ2v) is 6.93. The summed E-state index contributed by atoms with van der Waals surface area (Å²) >= 11 is 0. The third-order valence-corrected chi connectivity index (χ3v) is 3.97. The number of carbonyl (C=O) groups is 2. The summed E-state index contributed by atoms with van der Waals surface area (Å²) in [6.45, 7) is 6.76. The predicted molar refractivity (Wildman–Crippen MR) is 113 cm³/mol. The van der Waals surface area contributed by atoms with Crippen LogP contribution in [0, 0.1) is 5.92 Å². The van der Waals surface area contributed by atoms with Gasteiger partial charge in [-0.2, -0.15) is 0 Å². The largest absolute Gasteiger partial charge is 1.00 e. The van der Waals surface area contributed by atoms with Gasteiger partial charge < -0.3 is 30.0 Å². The number of hydrogen-bond donors (Lipinski definition) is 2. The van der Waals surface area contributed by atoms with Gasteiger partial charge >= 0.3 is 59.1 Å². The quantitative estimate of drug-likeness (QED) is 0.328. The zero-order chi connectivity index (χ0) is 22.9. The smallest absolute Gasteiger partial charge is 0.545 e. The topological polar surface area (TPSA) is 121 Å². The van der Waals surface area contributed by atoms with Gasteiger partial charge in [0.1, 0.15) is 5.75 Å². The number of hydrogen-bond acceptors (Lipinski definition) is 6. The van der Waals surface area contributed by atoms with E-state index in [-0.39, 0.29) is 76.0 Å². The van der Waals surface area contributed by atoms with Crippen LogP contribution in [0.1, 0.15) is 60.7 Å². The predicted octanol–water partition coefficient (Wildman–Crippen LogP) is -3.43. The van der Waals surface area contributed by atoms with Crippen molar-refractivity contribution in [2.24, 2.45) is 5.92 Å². The standard InChI is InChI=1S/C10H20O.C7H6O3.C7H6O2.2Na/c1-9(2)5-4-6-10(3)7-8-11;8-6-4-2-1-3-5(6)7(9)10;8-7(9)6-4-2-1-3-5-6;;/h5,10-11H,4,6-8H2,1-3H3;1-4,8H,(H,9,10);1-5H,(H,8,9);;/q;;;2*+1/p-2. The maximum Gasteiger partial charge on any atom is 1.00 e. The fourth-order valence-electron chi connectivity index (χ4n) is 2.24. The number of carbonyl (C=O) groups excluding carboxylic acids is 2. The summed E-state index contributed by atoms with van der Waals surface area (Å²) in [6, 6.07) is 13.7. The number of allylic oxidation sites excluding steroid dienone is 2. The van der Waals surface area contributed by atoms with Crippen molar-refractivity contribution in [2.75, 3.05) is 6.61 Å². The van der Waals surface area contributed by atoms with E-state index in [9.17, 15) is 19.8 Å². The van der Waals surface area contributed by atoms with Gasteiger partial charge in [-0.1, -0.05) is 61.0 Å². The summed E-state index contributed by atoms with van der Waals surface area (Å²) in [7, 11) is 0. The molecule has 2 rings (SSSR count). The normalized spacial score (nSPS) is 9.75. The summed E-state index contributed by atoms with van der Waals surface area (Å²) < 4.78 is 0. The Bertz CT molecular complexity index is 790. The zero-order valence-electron chi connectivity index (χ0n) is 19.7. The minimum Gasteiger partial charge on any atom is -0.545 e. The second-order valence-electron chi connectivity index (χ2n) is 6.93. The molecule has 1 unspecified atom stereocenters. The van der Waals surface area contributed by atoms with Crippen molar-refractivity contribution in [3.05, 3.63) is 77.4 Å². The Morgan fingerprint density at radius 3 is 1.81 bits per heavy atom. The number of aliphatic hydroxyl groups excluding tert-OH is 1. The van der Waals surface area contributed by atoms with Crippen LogP contribution in [0.3, 0.4) is 0 Å². The fourth-order valence-corrected chi connectivity index (χ4v) is 2.24. The molecule has 0 aromatic heterocycles. The van der Waals surface area contributed by atoms with Crippen molar-refractivity contribution in [3.63, 3.8) is 0 Å². The van der Waals surface area contributed by atoms with Gasteiger partial charge in [-0.3, -0.25) is 0 Å². The van der Waals surface area contributed by atoms with E-state index >= 15 is 0 Å². The van der Waals surface area contributed by atoms with Crippen LogP contribution in [0.2, 0.25) is 0 Å². The van der Waals surface area contributed by atoms with Crippen molar-refractivity contribution >= 4 is 11.9 Å². The molecule has 0 heterocycles. The van der Waals surface area contributed by atoms with E-state index in [0.717, 1.165) is 12.8 Å². The SMILES string of the molecule is CC(C)=CCCC(C)CCO.O=C([O-])c1ccccc1.O=C([O-])c1ccccc1O.[Na+].[Na+]. The first-order chi connectivity index (χ1) is 14.2. The van der Waals surface area contributed by atoms with Crippen LogP contribution in [0.5, 0.6) is 5.75 Å². The molecule has 0 aliphatic carbocycles.